The van der Waals surface area contributed by atoms with Crippen LogP contribution < -0.4 is 5.56 Å². The lowest BCUT2D eigenvalue weighted by Crippen LogP contribution is -2.22. The normalized spacial score (nSPS) is 11.5. The fourth-order valence-electron chi connectivity index (χ4n) is 5.19. The number of aromatic nitrogens is 2. The van der Waals surface area contributed by atoms with Crippen molar-refractivity contribution in [1.29, 1.82) is 0 Å². The third-order valence-corrected chi connectivity index (χ3v) is 6.79. The first kappa shape index (κ1) is 19.7. The van der Waals surface area contributed by atoms with E-state index in [-0.39, 0.29) is 5.56 Å². The van der Waals surface area contributed by atoms with Crippen LogP contribution in [0, 0.1) is 0 Å². The molecule has 0 amide bonds. The van der Waals surface area contributed by atoms with Crippen molar-refractivity contribution in [3.05, 3.63) is 132 Å². The molecule has 0 aliphatic rings. The summed E-state index contributed by atoms with van der Waals surface area (Å²) in [6.45, 7) is 0. The summed E-state index contributed by atoms with van der Waals surface area (Å²) in [4.78, 5) is 18.8. The summed E-state index contributed by atoms with van der Waals surface area (Å²) in [5.74, 6) is 0.638. The van der Waals surface area contributed by atoms with Crippen LogP contribution in [0.4, 0.5) is 0 Å². The molecule has 0 fully saturated rings. The predicted octanol–water partition coefficient (Wildman–Crippen LogP) is 7.51. The Morgan fingerprint density at radius 1 is 0.486 bits per heavy atom. The molecule has 0 radical (unpaired) electrons. The standard InChI is InChI=1S/C32H20N2O/c35-32-28-16-8-9-17-30(28)33-31(21-10-2-1-3-11-21)34(32)22-18-19-27-25-14-5-4-12-23(25)24-13-6-7-15-26(24)29(27)20-22/h1-20H. The largest absolute Gasteiger partial charge is 0.268 e. The molecule has 7 rings (SSSR count). The quantitative estimate of drug-likeness (QED) is 0.257. The van der Waals surface area contributed by atoms with Gasteiger partial charge in [-0.3, -0.25) is 9.36 Å². The smallest absolute Gasteiger partial charge is 0.266 e. The van der Waals surface area contributed by atoms with Crippen LogP contribution in [-0.2, 0) is 0 Å². The summed E-state index contributed by atoms with van der Waals surface area (Å²) in [7, 11) is 0. The third-order valence-electron chi connectivity index (χ3n) is 6.79. The molecule has 0 unspecified atom stereocenters. The molecule has 3 nitrogen and oxygen atoms in total. The molecule has 1 heterocycles. The lowest BCUT2D eigenvalue weighted by atomic mass is 9.94. The maximum absolute atomic E-state index is 13.9. The van der Waals surface area contributed by atoms with Crippen molar-refractivity contribution in [2.45, 2.75) is 0 Å². The van der Waals surface area contributed by atoms with Gasteiger partial charge in [-0.15, -0.1) is 0 Å². The fraction of sp³-hybridized carbons (Fsp3) is 0. The lowest BCUT2D eigenvalue weighted by Gasteiger charge is -2.16. The highest BCUT2D eigenvalue weighted by atomic mass is 16.1. The van der Waals surface area contributed by atoms with E-state index in [4.69, 9.17) is 4.98 Å². The van der Waals surface area contributed by atoms with E-state index < -0.39 is 0 Å². The molecule has 0 aliphatic carbocycles. The van der Waals surface area contributed by atoms with Crippen LogP contribution in [0.25, 0.3) is 60.3 Å². The molecular formula is C32H20N2O. The Labute approximate surface area is 201 Å². The molecule has 0 atom stereocenters. The highest BCUT2D eigenvalue weighted by Gasteiger charge is 2.16. The topological polar surface area (TPSA) is 34.9 Å². The van der Waals surface area contributed by atoms with E-state index in [1.54, 1.807) is 4.57 Å². The second-order valence-electron chi connectivity index (χ2n) is 8.78. The zero-order valence-corrected chi connectivity index (χ0v) is 18.8. The number of fused-ring (bicyclic) bond motifs is 7. The van der Waals surface area contributed by atoms with Crippen molar-refractivity contribution >= 4 is 43.2 Å². The maximum atomic E-state index is 13.9. The lowest BCUT2D eigenvalue weighted by molar-refractivity contribution is 0.978. The van der Waals surface area contributed by atoms with Gasteiger partial charge in [-0.2, -0.15) is 0 Å². The van der Waals surface area contributed by atoms with Gasteiger partial charge in [-0.1, -0.05) is 97.1 Å². The SMILES string of the molecule is O=c1c2ccccc2nc(-c2ccccc2)n1-c1ccc2c3ccccc3c3ccccc3c2c1. The molecule has 6 aromatic carbocycles. The number of para-hydroxylation sites is 1. The van der Waals surface area contributed by atoms with Gasteiger partial charge in [-0.05, 0) is 56.6 Å². The Bertz CT molecular complexity index is 1940. The summed E-state index contributed by atoms with van der Waals surface area (Å²) in [6.07, 6.45) is 0. The molecule has 1 aromatic heterocycles. The maximum Gasteiger partial charge on any atom is 0.266 e. The number of hydrogen-bond acceptors (Lipinski definition) is 2. The van der Waals surface area contributed by atoms with Crippen molar-refractivity contribution in [2.75, 3.05) is 0 Å². The summed E-state index contributed by atoms with van der Waals surface area (Å²) in [5.41, 5.74) is 2.34. The Morgan fingerprint density at radius 2 is 1.00 bits per heavy atom. The number of nitrogens with zero attached hydrogens (tertiary/aromatic N) is 2. The number of hydrogen-bond donors (Lipinski definition) is 0. The number of rotatable bonds is 2. The second-order valence-corrected chi connectivity index (χ2v) is 8.78. The minimum Gasteiger partial charge on any atom is -0.268 e. The third kappa shape index (κ3) is 2.99. The van der Waals surface area contributed by atoms with E-state index >= 15 is 0 Å². The molecule has 0 saturated heterocycles. The van der Waals surface area contributed by atoms with Crippen LogP contribution in [0.3, 0.4) is 0 Å². The Hall–Kier alpha value is -4.76. The Balaban J connectivity index is 1.62. The van der Waals surface area contributed by atoms with Crippen molar-refractivity contribution < 1.29 is 0 Å². The average molecular weight is 449 g/mol. The van der Waals surface area contributed by atoms with Crippen LogP contribution >= 0.6 is 0 Å². The van der Waals surface area contributed by atoms with Crippen LogP contribution in [0.1, 0.15) is 0 Å². The van der Waals surface area contributed by atoms with Crippen LogP contribution in [0.2, 0.25) is 0 Å². The van der Waals surface area contributed by atoms with Gasteiger partial charge in [0, 0.05) is 5.56 Å². The van der Waals surface area contributed by atoms with E-state index in [1.165, 1.54) is 26.9 Å². The molecule has 164 valence electrons. The Morgan fingerprint density at radius 3 is 1.66 bits per heavy atom. The van der Waals surface area contributed by atoms with E-state index in [2.05, 4.69) is 60.7 Å². The highest BCUT2D eigenvalue weighted by molar-refractivity contribution is 6.25. The molecular weight excluding hydrogens is 428 g/mol. The van der Waals surface area contributed by atoms with Gasteiger partial charge in [0.2, 0.25) is 0 Å². The van der Waals surface area contributed by atoms with E-state index in [0.29, 0.717) is 16.7 Å². The minimum atomic E-state index is -0.0705. The number of benzene rings is 6. The summed E-state index contributed by atoms with van der Waals surface area (Å²) in [5, 5.41) is 7.72. The molecule has 0 saturated carbocycles. The van der Waals surface area contributed by atoms with E-state index in [0.717, 1.165) is 16.6 Å². The van der Waals surface area contributed by atoms with Crippen molar-refractivity contribution in [2.24, 2.45) is 0 Å². The minimum absolute atomic E-state index is 0.0705. The van der Waals surface area contributed by atoms with Gasteiger partial charge in [0.1, 0.15) is 5.82 Å². The first-order valence-corrected chi connectivity index (χ1v) is 11.7. The predicted molar refractivity (Wildman–Crippen MR) is 145 cm³/mol. The zero-order valence-electron chi connectivity index (χ0n) is 18.8. The van der Waals surface area contributed by atoms with Gasteiger partial charge in [0.05, 0.1) is 16.6 Å². The van der Waals surface area contributed by atoms with Crippen LogP contribution in [0.15, 0.2) is 126 Å². The van der Waals surface area contributed by atoms with E-state index in [9.17, 15) is 4.79 Å². The molecule has 0 aliphatic heterocycles. The van der Waals surface area contributed by atoms with Gasteiger partial charge in [-0.25, -0.2) is 4.98 Å². The van der Waals surface area contributed by atoms with E-state index in [1.807, 2.05) is 60.7 Å². The Kier molecular flexibility index (Phi) is 4.30. The van der Waals surface area contributed by atoms with Gasteiger partial charge in [0.15, 0.2) is 0 Å². The van der Waals surface area contributed by atoms with Gasteiger partial charge < -0.3 is 0 Å². The highest BCUT2D eigenvalue weighted by Crippen LogP contribution is 2.36. The second kappa shape index (κ2) is 7.64. The molecule has 7 aromatic rings. The zero-order chi connectivity index (χ0) is 23.4. The molecule has 3 heteroatoms. The van der Waals surface area contributed by atoms with Crippen molar-refractivity contribution in [1.82, 2.24) is 9.55 Å². The molecule has 0 spiro atoms. The summed E-state index contributed by atoms with van der Waals surface area (Å²) in [6, 6.07) is 40.8. The van der Waals surface area contributed by atoms with Crippen LogP contribution in [0.5, 0.6) is 0 Å². The van der Waals surface area contributed by atoms with Gasteiger partial charge >= 0.3 is 0 Å². The average Bonchev–Trinajstić information content (AvgIpc) is 2.93. The molecule has 35 heavy (non-hydrogen) atoms. The first-order chi connectivity index (χ1) is 17.3. The fourth-order valence-corrected chi connectivity index (χ4v) is 5.19. The molecule has 0 N–H and O–H groups in total. The summed E-state index contributed by atoms with van der Waals surface area (Å²) >= 11 is 0. The summed E-state index contributed by atoms with van der Waals surface area (Å²) < 4.78 is 1.75. The first-order valence-electron chi connectivity index (χ1n) is 11.7. The van der Waals surface area contributed by atoms with Crippen LogP contribution in [-0.4, -0.2) is 9.55 Å². The monoisotopic (exact) mass is 448 g/mol. The van der Waals surface area contributed by atoms with Crippen molar-refractivity contribution in [3.8, 4) is 17.1 Å². The molecule has 0 bridgehead atoms. The van der Waals surface area contributed by atoms with Crippen molar-refractivity contribution in [3.63, 3.8) is 0 Å². The van der Waals surface area contributed by atoms with Gasteiger partial charge in [0.25, 0.3) is 5.56 Å².